The van der Waals surface area contributed by atoms with Crippen molar-refractivity contribution < 1.29 is 29.1 Å². The smallest absolute Gasteiger partial charge is 0.335 e. The summed E-state index contributed by atoms with van der Waals surface area (Å²) in [7, 11) is 0. The van der Waals surface area contributed by atoms with Crippen LogP contribution in [-0.2, 0) is 4.79 Å². The number of carboxylic acids is 1. The molecule has 3 aromatic rings. The predicted octanol–water partition coefficient (Wildman–Crippen LogP) is 4.10. The summed E-state index contributed by atoms with van der Waals surface area (Å²) in [5.74, 6) is -0.778. The number of aromatic carboxylic acids is 1. The van der Waals surface area contributed by atoms with Crippen LogP contribution >= 0.6 is 0 Å². The molecule has 0 atom stereocenters. The van der Waals surface area contributed by atoms with Gasteiger partial charge in [0.15, 0.2) is 12.4 Å². The van der Waals surface area contributed by atoms with Gasteiger partial charge in [-0.05, 0) is 48.5 Å². The van der Waals surface area contributed by atoms with Crippen LogP contribution < -0.4 is 14.8 Å². The summed E-state index contributed by atoms with van der Waals surface area (Å²) in [6.07, 6.45) is 0. The fourth-order valence-electron chi connectivity index (χ4n) is 2.49. The molecule has 3 aromatic carbocycles. The number of carbonyl (C=O) groups is 2. The fraction of sp³-hybridized carbons (Fsp3) is 0.0476. The first-order valence-electron chi connectivity index (χ1n) is 8.70. The maximum absolute atomic E-state index is 12.1. The lowest BCUT2D eigenvalue weighted by Gasteiger charge is -2.09. The van der Waals surface area contributed by atoms with Gasteiger partial charge in [-0.15, -0.1) is 0 Å². The number of nitro benzene ring substituents is 1. The summed E-state index contributed by atoms with van der Waals surface area (Å²) >= 11 is 0. The number of amides is 1. The van der Waals surface area contributed by atoms with E-state index < -0.39 is 29.1 Å². The van der Waals surface area contributed by atoms with Crippen molar-refractivity contribution in [2.45, 2.75) is 0 Å². The topological polar surface area (TPSA) is 128 Å². The number of hydrogen-bond acceptors (Lipinski definition) is 6. The van der Waals surface area contributed by atoms with Crippen molar-refractivity contribution in [2.75, 3.05) is 11.9 Å². The largest absolute Gasteiger partial charge is 0.478 e. The fourth-order valence-corrected chi connectivity index (χ4v) is 2.49. The van der Waals surface area contributed by atoms with Crippen molar-refractivity contribution >= 4 is 23.3 Å². The molecule has 0 aromatic heterocycles. The zero-order valence-corrected chi connectivity index (χ0v) is 15.5. The van der Waals surface area contributed by atoms with Gasteiger partial charge in [-0.1, -0.05) is 18.2 Å². The lowest BCUT2D eigenvalue weighted by Crippen LogP contribution is -2.20. The van der Waals surface area contributed by atoms with E-state index in [0.717, 1.165) is 18.2 Å². The number of carbonyl (C=O) groups excluding carboxylic acids is 1. The number of para-hydroxylation sites is 1. The van der Waals surface area contributed by atoms with E-state index in [0.29, 0.717) is 17.2 Å². The Bertz CT molecular complexity index is 1070. The van der Waals surface area contributed by atoms with Crippen molar-refractivity contribution in [3.05, 3.63) is 88.5 Å². The molecule has 0 saturated carbocycles. The summed E-state index contributed by atoms with van der Waals surface area (Å²) in [6.45, 7) is -0.491. The highest BCUT2D eigenvalue weighted by Gasteiger charge is 2.19. The first kappa shape index (κ1) is 20.3. The number of benzene rings is 3. The number of hydrogen-bond donors (Lipinski definition) is 2. The molecule has 1 amide bonds. The van der Waals surface area contributed by atoms with E-state index in [1.54, 1.807) is 24.3 Å². The predicted molar refractivity (Wildman–Crippen MR) is 107 cm³/mol. The summed E-state index contributed by atoms with van der Waals surface area (Å²) < 4.78 is 10.9. The molecule has 0 aliphatic heterocycles. The Balaban J connectivity index is 1.58. The quantitative estimate of drug-likeness (QED) is 0.424. The Hall–Kier alpha value is -4.40. The van der Waals surface area contributed by atoms with Gasteiger partial charge in [0.05, 0.1) is 10.5 Å². The summed E-state index contributed by atoms with van der Waals surface area (Å²) in [6, 6.07) is 19.0. The standard InChI is InChI=1S/C21H16N2O7/c24-20(13-29-19-11-6-14(21(25)26)12-18(19)23(27)28)22-15-7-9-17(10-8-15)30-16-4-2-1-3-5-16/h1-12H,13H2,(H,22,24)(H,25,26). The van der Waals surface area contributed by atoms with Crippen LogP contribution in [0.1, 0.15) is 10.4 Å². The van der Waals surface area contributed by atoms with Crippen LogP contribution in [0.4, 0.5) is 11.4 Å². The Labute approximate surface area is 170 Å². The zero-order chi connectivity index (χ0) is 21.5. The van der Waals surface area contributed by atoms with Crippen molar-refractivity contribution in [3.8, 4) is 17.2 Å². The summed E-state index contributed by atoms with van der Waals surface area (Å²) in [5.41, 5.74) is -0.304. The molecule has 0 radical (unpaired) electrons. The summed E-state index contributed by atoms with van der Waals surface area (Å²) in [4.78, 5) is 33.4. The first-order chi connectivity index (χ1) is 14.4. The lowest BCUT2D eigenvalue weighted by molar-refractivity contribution is -0.385. The molecule has 0 spiro atoms. The number of anilines is 1. The second kappa shape index (κ2) is 9.20. The van der Waals surface area contributed by atoms with Crippen LogP contribution in [0.15, 0.2) is 72.8 Å². The Morgan fingerprint density at radius 1 is 0.967 bits per heavy atom. The van der Waals surface area contributed by atoms with Gasteiger partial charge in [-0.2, -0.15) is 0 Å². The van der Waals surface area contributed by atoms with Crippen molar-refractivity contribution in [1.82, 2.24) is 0 Å². The van der Waals surface area contributed by atoms with E-state index in [-0.39, 0.29) is 11.3 Å². The molecular weight excluding hydrogens is 392 g/mol. The van der Waals surface area contributed by atoms with Crippen LogP contribution in [0.25, 0.3) is 0 Å². The molecule has 0 fully saturated rings. The Kier molecular flexibility index (Phi) is 6.23. The van der Waals surface area contributed by atoms with E-state index in [4.69, 9.17) is 14.6 Å². The Morgan fingerprint density at radius 3 is 2.27 bits per heavy atom. The molecule has 0 heterocycles. The molecular formula is C21H16N2O7. The number of carboxylic acid groups (broad SMARTS) is 1. The maximum Gasteiger partial charge on any atom is 0.335 e. The van der Waals surface area contributed by atoms with E-state index in [9.17, 15) is 19.7 Å². The van der Waals surface area contributed by atoms with E-state index in [2.05, 4.69) is 5.32 Å². The third kappa shape index (κ3) is 5.32. The molecule has 30 heavy (non-hydrogen) atoms. The van der Waals surface area contributed by atoms with Gasteiger partial charge in [0.25, 0.3) is 5.91 Å². The number of nitrogens with one attached hydrogen (secondary N) is 1. The average Bonchev–Trinajstić information content (AvgIpc) is 2.74. The molecule has 152 valence electrons. The van der Waals surface area contributed by atoms with E-state index in [1.165, 1.54) is 0 Å². The van der Waals surface area contributed by atoms with Crippen LogP contribution in [0.5, 0.6) is 17.2 Å². The number of rotatable bonds is 8. The van der Waals surface area contributed by atoms with E-state index in [1.807, 2.05) is 30.3 Å². The van der Waals surface area contributed by atoms with Crippen molar-refractivity contribution in [3.63, 3.8) is 0 Å². The SMILES string of the molecule is O=C(COc1ccc(C(=O)O)cc1[N+](=O)[O-])Nc1ccc(Oc2ccccc2)cc1. The highest BCUT2D eigenvalue weighted by Crippen LogP contribution is 2.28. The van der Waals surface area contributed by atoms with Gasteiger partial charge >= 0.3 is 11.7 Å². The van der Waals surface area contributed by atoms with Crippen LogP contribution in [0.3, 0.4) is 0 Å². The third-order valence-electron chi connectivity index (χ3n) is 3.88. The van der Waals surface area contributed by atoms with Gasteiger partial charge < -0.3 is 19.9 Å². The van der Waals surface area contributed by atoms with E-state index >= 15 is 0 Å². The molecule has 9 heteroatoms. The molecule has 2 N–H and O–H groups in total. The second-order valence-electron chi connectivity index (χ2n) is 6.02. The summed E-state index contributed by atoms with van der Waals surface area (Å²) in [5, 5.41) is 22.6. The monoisotopic (exact) mass is 408 g/mol. The highest BCUT2D eigenvalue weighted by atomic mass is 16.6. The number of ether oxygens (including phenoxy) is 2. The van der Waals surface area contributed by atoms with Gasteiger partial charge in [-0.25, -0.2) is 4.79 Å². The number of nitrogens with zero attached hydrogens (tertiary/aromatic N) is 1. The van der Waals surface area contributed by atoms with Gasteiger partial charge in [-0.3, -0.25) is 14.9 Å². The number of nitro groups is 1. The molecule has 3 rings (SSSR count). The highest BCUT2D eigenvalue weighted by molar-refractivity contribution is 5.92. The van der Waals surface area contributed by atoms with Crippen LogP contribution in [0.2, 0.25) is 0 Å². The van der Waals surface area contributed by atoms with Crippen molar-refractivity contribution in [2.24, 2.45) is 0 Å². The zero-order valence-electron chi connectivity index (χ0n) is 15.5. The first-order valence-corrected chi connectivity index (χ1v) is 8.70. The lowest BCUT2D eigenvalue weighted by atomic mass is 10.2. The second-order valence-corrected chi connectivity index (χ2v) is 6.02. The molecule has 0 aliphatic carbocycles. The minimum Gasteiger partial charge on any atom is -0.478 e. The van der Waals surface area contributed by atoms with Crippen molar-refractivity contribution in [1.29, 1.82) is 0 Å². The van der Waals surface area contributed by atoms with Crippen LogP contribution in [0, 0.1) is 10.1 Å². The van der Waals surface area contributed by atoms with Gasteiger partial charge in [0.1, 0.15) is 11.5 Å². The van der Waals surface area contributed by atoms with Gasteiger partial charge in [0, 0.05) is 11.8 Å². The molecule has 9 nitrogen and oxygen atoms in total. The Morgan fingerprint density at radius 2 is 1.63 bits per heavy atom. The van der Waals surface area contributed by atoms with Crippen LogP contribution in [-0.4, -0.2) is 28.5 Å². The molecule has 0 bridgehead atoms. The molecule has 0 aliphatic rings. The maximum atomic E-state index is 12.1. The minimum absolute atomic E-state index is 0.202. The van der Waals surface area contributed by atoms with Gasteiger partial charge in [0.2, 0.25) is 0 Å². The normalized spacial score (nSPS) is 10.1. The molecule has 0 saturated heterocycles. The average molecular weight is 408 g/mol. The minimum atomic E-state index is -1.30. The third-order valence-corrected chi connectivity index (χ3v) is 3.88. The molecule has 0 unspecified atom stereocenters.